The molecule has 0 aliphatic carbocycles. The number of fused-ring (bicyclic) bond motifs is 1. The quantitative estimate of drug-likeness (QED) is 0.745. The van der Waals surface area contributed by atoms with E-state index in [1.165, 1.54) is 12.1 Å². The number of benzene rings is 1. The summed E-state index contributed by atoms with van der Waals surface area (Å²) in [6.45, 7) is 0. The maximum absolute atomic E-state index is 13.7. The molecule has 0 unspecified atom stereocenters. The van der Waals surface area contributed by atoms with Gasteiger partial charge in [0.1, 0.15) is 11.5 Å². The summed E-state index contributed by atoms with van der Waals surface area (Å²) in [4.78, 5) is 6.59. The maximum Gasteiger partial charge on any atom is 0.164 e. The fourth-order valence-corrected chi connectivity index (χ4v) is 3.63. The first kappa shape index (κ1) is 13.4. The number of nitrogens with zero attached hydrogens (tertiary/aromatic N) is 2. The normalized spacial score (nSPS) is 13.7. The minimum atomic E-state index is -0.294. The van der Waals surface area contributed by atoms with Gasteiger partial charge < -0.3 is 0 Å². The molecule has 0 amide bonds. The third-order valence-electron chi connectivity index (χ3n) is 3.23. The predicted molar refractivity (Wildman–Crippen MR) is 90.0 cm³/mol. The van der Waals surface area contributed by atoms with Crippen LogP contribution in [0.2, 0.25) is 0 Å². The van der Waals surface area contributed by atoms with Gasteiger partial charge in [-0.15, -0.1) is 22.7 Å². The Morgan fingerprint density at radius 2 is 1.73 bits per heavy atom. The van der Waals surface area contributed by atoms with Crippen LogP contribution in [-0.4, -0.2) is 11.5 Å². The molecule has 3 nitrogen and oxygen atoms in total. The molecule has 4 rings (SSSR count). The molecule has 3 heterocycles. The van der Waals surface area contributed by atoms with E-state index in [-0.39, 0.29) is 5.82 Å². The molecule has 1 aliphatic rings. The summed E-state index contributed by atoms with van der Waals surface area (Å²) < 4.78 is 13.7. The first-order chi connectivity index (χ1) is 10.8. The average molecular weight is 327 g/mol. The number of amidine groups is 1. The van der Waals surface area contributed by atoms with Crippen LogP contribution in [0.25, 0.3) is 0 Å². The Labute approximate surface area is 134 Å². The van der Waals surface area contributed by atoms with Crippen molar-refractivity contribution in [2.75, 3.05) is 0 Å². The van der Waals surface area contributed by atoms with Gasteiger partial charge in [-0.25, -0.2) is 9.38 Å². The Balaban J connectivity index is 1.90. The highest BCUT2D eigenvalue weighted by Gasteiger charge is 2.18. The Kier molecular flexibility index (Phi) is 3.32. The molecule has 0 atom stereocenters. The molecule has 0 radical (unpaired) electrons. The fraction of sp³-hybridized carbons (Fsp3) is 0. The monoisotopic (exact) mass is 327 g/mol. The molecule has 0 bridgehead atoms. The van der Waals surface area contributed by atoms with Gasteiger partial charge in [0, 0.05) is 5.56 Å². The minimum absolute atomic E-state index is 0.294. The Morgan fingerprint density at radius 3 is 2.45 bits per heavy atom. The van der Waals surface area contributed by atoms with Gasteiger partial charge in [-0.2, -0.15) is 5.10 Å². The number of hydrazone groups is 1. The van der Waals surface area contributed by atoms with Crippen molar-refractivity contribution in [3.8, 4) is 0 Å². The van der Waals surface area contributed by atoms with Crippen molar-refractivity contribution < 1.29 is 4.39 Å². The van der Waals surface area contributed by atoms with Crippen LogP contribution in [0.4, 0.5) is 10.1 Å². The largest absolute Gasteiger partial charge is 0.260 e. The van der Waals surface area contributed by atoms with Crippen LogP contribution >= 0.6 is 22.7 Å². The molecule has 3 aromatic rings. The van der Waals surface area contributed by atoms with E-state index in [2.05, 4.69) is 15.5 Å². The molecule has 1 N–H and O–H groups in total. The summed E-state index contributed by atoms with van der Waals surface area (Å²) in [6.07, 6.45) is 0. The van der Waals surface area contributed by atoms with Crippen molar-refractivity contribution in [2.24, 2.45) is 10.1 Å². The van der Waals surface area contributed by atoms with Crippen LogP contribution in [0.15, 0.2) is 63.3 Å². The van der Waals surface area contributed by atoms with Gasteiger partial charge in [-0.3, -0.25) is 5.43 Å². The van der Waals surface area contributed by atoms with Crippen LogP contribution in [0.5, 0.6) is 0 Å². The number of nitrogens with one attached hydrogen (secondary N) is 1. The average Bonchev–Trinajstić information content (AvgIpc) is 3.19. The van der Waals surface area contributed by atoms with E-state index in [0.29, 0.717) is 22.8 Å². The Hall–Kier alpha value is -2.31. The molecule has 2 aromatic heterocycles. The topological polar surface area (TPSA) is 36.8 Å². The maximum atomic E-state index is 13.7. The lowest BCUT2D eigenvalue weighted by molar-refractivity contribution is 0.627. The second-order valence-electron chi connectivity index (χ2n) is 4.65. The molecule has 1 aromatic carbocycles. The van der Waals surface area contributed by atoms with E-state index in [4.69, 9.17) is 0 Å². The number of aliphatic imine (C=N–C) groups is 1. The van der Waals surface area contributed by atoms with Crippen molar-refractivity contribution in [1.29, 1.82) is 0 Å². The standard InChI is InChI=1S/C16H10FN3S2/c17-10-5-6-12-11(9-10)15(13-3-1-7-21-13)19-20-16(18-12)14-4-2-8-22-14/h1-9H,(H,18,20). The number of halogens is 1. The molecule has 1 aliphatic heterocycles. The second-order valence-corrected chi connectivity index (χ2v) is 6.54. The summed E-state index contributed by atoms with van der Waals surface area (Å²) in [5.74, 6) is 0.382. The van der Waals surface area contributed by atoms with Gasteiger partial charge in [0.15, 0.2) is 5.84 Å². The van der Waals surface area contributed by atoms with Crippen molar-refractivity contribution in [3.63, 3.8) is 0 Å². The van der Waals surface area contributed by atoms with E-state index in [1.54, 1.807) is 28.7 Å². The second kappa shape index (κ2) is 5.47. The number of rotatable bonds is 2. The van der Waals surface area contributed by atoms with Crippen molar-refractivity contribution in [2.45, 2.75) is 0 Å². The third kappa shape index (κ3) is 2.36. The highest BCUT2D eigenvalue weighted by molar-refractivity contribution is 7.12. The molecule has 108 valence electrons. The lowest BCUT2D eigenvalue weighted by Crippen LogP contribution is -2.18. The van der Waals surface area contributed by atoms with Crippen LogP contribution in [0.1, 0.15) is 15.3 Å². The van der Waals surface area contributed by atoms with Crippen LogP contribution < -0.4 is 5.43 Å². The van der Waals surface area contributed by atoms with Gasteiger partial charge in [0.2, 0.25) is 0 Å². The van der Waals surface area contributed by atoms with Gasteiger partial charge in [-0.05, 0) is 41.1 Å². The van der Waals surface area contributed by atoms with Crippen LogP contribution in [0, 0.1) is 5.82 Å². The van der Waals surface area contributed by atoms with E-state index in [0.717, 1.165) is 9.75 Å². The first-order valence-electron chi connectivity index (χ1n) is 6.61. The summed E-state index contributed by atoms with van der Waals surface area (Å²) in [5, 5.41) is 8.43. The van der Waals surface area contributed by atoms with Crippen LogP contribution in [-0.2, 0) is 0 Å². The molecule has 0 saturated carbocycles. The highest BCUT2D eigenvalue weighted by Crippen LogP contribution is 2.28. The minimum Gasteiger partial charge on any atom is -0.260 e. The summed E-state index contributed by atoms with van der Waals surface area (Å²) in [7, 11) is 0. The molecule has 0 fully saturated rings. The summed E-state index contributed by atoms with van der Waals surface area (Å²) in [5.41, 5.74) is 5.14. The molecule has 0 spiro atoms. The number of hydrogen-bond donors (Lipinski definition) is 1. The lowest BCUT2D eigenvalue weighted by Gasteiger charge is -2.05. The van der Waals surface area contributed by atoms with E-state index in [9.17, 15) is 4.39 Å². The molecular formula is C16H10FN3S2. The summed E-state index contributed by atoms with van der Waals surface area (Å²) in [6, 6.07) is 12.5. The van der Waals surface area contributed by atoms with Crippen molar-refractivity contribution >= 4 is 39.9 Å². The van der Waals surface area contributed by atoms with Crippen molar-refractivity contribution in [3.05, 3.63) is 74.4 Å². The zero-order chi connectivity index (χ0) is 14.9. The molecule has 6 heteroatoms. The van der Waals surface area contributed by atoms with E-state index >= 15 is 0 Å². The number of hydrogen-bond acceptors (Lipinski definition) is 5. The molecule has 0 saturated heterocycles. The third-order valence-corrected chi connectivity index (χ3v) is 4.98. The zero-order valence-electron chi connectivity index (χ0n) is 11.3. The molecule has 22 heavy (non-hydrogen) atoms. The predicted octanol–water partition coefficient (Wildman–Crippen LogP) is 4.38. The smallest absolute Gasteiger partial charge is 0.164 e. The SMILES string of the molecule is Fc1ccc2c(c1)C(c1cccs1)=NNC(c1cccs1)=N2. The van der Waals surface area contributed by atoms with Gasteiger partial charge in [0.25, 0.3) is 0 Å². The fourth-order valence-electron chi connectivity index (χ4n) is 2.23. The van der Waals surface area contributed by atoms with Gasteiger partial charge >= 0.3 is 0 Å². The number of thiophene rings is 2. The van der Waals surface area contributed by atoms with Crippen LogP contribution in [0.3, 0.4) is 0 Å². The Bertz CT molecular complexity index is 865. The zero-order valence-corrected chi connectivity index (χ0v) is 12.9. The summed E-state index contributed by atoms with van der Waals surface area (Å²) >= 11 is 3.15. The Morgan fingerprint density at radius 1 is 0.955 bits per heavy atom. The van der Waals surface area contributed by atoms with E-state index in [1.807, 2.05) is 35.0 Å². The lowest BCUT2D eigenvalue weighted by atomic mass is 10.1. The highest BCUT2D eigenvalue weighted by atomic mass is 32.1. The molecular weight excluding hydrogens is 317 g/mol. The van der Waals surface area contributed by atoms with E-state index < -0.39 is 0 Å². The van der Waals surface area contributed by atoms with Gasteiger partial charge in [0.05, 0.1) is 15.4 Å². The van der Waals surface area contributed by atoms with Crippen molar-refractivity contribution in [1.82, 2.24) is 5.43 Å². The first-order valence-corrected chi connectivity index (χ1v) is 8.37. The van der Waals surface area contributed by atoms with Gasteiger partial charge in [-0.1, -0.05) is 12.1 Å².